The third-order valence-electron chi connectivity index (χ3n) is 29.6. The van der Waals surface area contributed by atoms with E-state index in [4.69, 9.17) is 42.6 Å². The molecule has 24 fully saturated rings. The summed E-state index contributed by atoms with van der Waals surface area (Å²) in [4.78, 5) is 101. The van der Waals surface area contributed by atoms with Crippen LogP contribution >= 0.6 is 0 Å². The molecule has 24 saturated carbocycles. The van der Waals surface area contributed by atoms with Crippen LogP contribution in [-0.4, -0.2) is 182 Å². The van der Waals surface area contributed by atoms with Crippen LogP contribution in [0.25, 0.3) is 0 Å². The predicted molar refractivity (Wildman–Crippen MR) is 360 cm³/mol. The molecule has 24 aliphatic carbocycles. The lowest BCUT2D eigenvalue weighted by Crippen LogP contribution is -2.67. The van der Waals surface area contributed by atoms with Gasteiger partial charge in [0.25, 0.3) is 11.8 Å². The Morgan fingerprint density at radius 2 is 0.657 bits per heavy atom. The summed E-state index contributed by atoms with van der Waals surface area (Å²) in [5.41, 5.74) is -9.17. The molecule has 0 aromatic carbocycles. The molecule has 12 atom stereocenters. The number of aliphatic hydroxyl groups is 4. The Bertz CT molecular complexity index is 3510. The lowest BCUT2D eigenvalue weighted by molar-refractivity contribution is -0.265. The third-order valence-corrected chi connectivity index (χ3v) is 29.6. The molecule has 0 heterocycles. The van der Waals surface area contributed by atoms with Crippen molar-refractivity contribution in [3.8, 4) is 0 Å². The number of esters is 8. The number of rotatable bonds is 22. The van der Waals surface area contributed by atoms with Crippen LogP contribution in [0.3, 0.4) is 0 Å². The first-order valence-electron chi connectivity index (χ1n) is 40.2. The highest BCUT2D eigenvalue weighted by Crippen LogP contribution is 2.68. The van der Waals surface area contributed by atoms with E-state index in [-0.39, 0.29) is 60.6 Å². The van der Waals surface area contributed by atoms with Crippen LogP contribution in [0.2, 0.25) is 0 Å². The van der Waals surface area contributed by atoms with Gasteiger partial charge in [0.15, 0.2) is 26.4 Å². The van der Waals surface area contributed by atoms with Gasteiger partial charge >= 0.3 is 53.7 Å². The van der Waals surface area contributed by atoms with Crippen molar-refractivity contribution in [1.29, 1.82) is 0 Å². The minimum absolute atomic E-state index is 0.101. The van der Waals surface area contributed by atoms with Gasteiger partial charge in [0, 0.05) is 52.9 Å². The largest absolute Gasteiger partial charge is 0.459 e. The molecule has 24 bridgehead atoms. The Balaban J connectivity index is 0.000000124. The van der Waals surface area contributed by atoms with Crippen molar-refractivity contribution in [2.75, 3.05) is 39.6 Å². The summed E-state index contributed by atoms with van der Waals surface area (Å²) in [7, 11) is 0. The number of hydrogen-bond donors (Lipinski definition) is 4. The quantitative estimate of drug-likeness (QED) is 0.0445. The van der Waals surface area contributed by atoms with Crippen LogP contribution in [-0.2, 0) is 85.7 Å². The summed E-state index contributed by atoms with van der Waals surface area (Å²) in [5, 5.41) is 43.7. The lowest BCUT2D eigenvalue weighted by atomic mass is 9.48. The van der Waals surface area contributed by atoms with Gasteiger partial charge in [-0.15, -0.1) is 0 Å². The van der Waals surface area contributed by atoms with Crippen molar-refractivity contribution in [3.63, 3.8) is 0 Å². The zero-order valence-electron chi connectivity index (χ0n) is 62.4. The molecule has 602 valence electrons. The standard InChI is InChI=1S/C28H36F2O9.C26H36F2O7.C26H36F2O6/c1-25(29,30)23(33)36-12-20(31)38-22-18-3-15-4-19(22)11-26(5-15,10-18)24(34)37-13-21(32)39-28-8-16-2-17(9-28)7-27(35,6-16)14-28;1-21(27,28)15-33-20(30)22-3-16-2-17(4-22)8-25(7-16,11-22)34-10-19(29)35-26-9-18-5-23(31,13-26)12-24(32,6-18)14-26;1-22(27,28)15-32-21(30)23-4-16-2-17(5-23)9-25(8-16,13-23)33-12-20(29)34-26-10-18-3-19(11-26)7-24(31,6-18)14-26/h15-19,22,35H,2-14H2,1H3;16-18,31-32H,2-15H2,1H3;16-19,31H,2-15H2,1H3. The van der Waals surface area contributed by atoms with Crippen molar-refractivity contribution < 1.29 is 132 Å². The van der Waals surface area contributed by atoms with Gasteiger partial charge in [0.05, 0.1) is 49.9 Å². The average molecular weight is 1540 g/mol. The zero-order chi connectivity index (χ0) is 76.7. The Morgan fingerprint density at radius 3 is 1.05 bits per heavy atom. The van der Waals surface area contributed by atoms with Crippen LogP contribution in [0.4, 0.5) is 26.3 Å². The van der Waals surface area contributed by atoms with Crippen LogP contribution in [0.15, 0.2) is 0 Å². The van der Waals surface area contributed by atoms with E-state index >= 15 is 0 Å². The summed E-state index contributed by atoms with van der Waals surface area (Å²) in [5.74, 6) is -12.7. The monoisotopic (exact) mass is 1530 g/mol. The van der Waals surface area contributed by atoms with Gasteiger partial charge in [-0.2, -0.15) is 8.78 Å². The summed E-state index contributed by atoms with van der Waals surface area (Å²) in [6, 6.07) is 0. The fraction of sp³-hybridized carbons (Fsp3) is 0.900. The molecule has 0 radical (unpaired) electrons. The number of ether oxygens (including phenoxy) is 10. The third kappa shape index (κ3) is 15.4. The van der Waals surface area contributed by atoms with Crippen molar-refractivity contribution in [2.24, 2.45) is 87.3 Å². The minimum atomic E-state index is -3.70. The number of hydrogen-bond acceptors (Lipinski definition) is 22. The topological polar surface area (TPSA) is 310 Å². The average Bonchev–Trinajstić information content (AvgIpc) is 0.732. The van der Waals surface area contributed by atoms with E-state index in [2.05, 4.69) is 4.74 Å². The highest BCUT2D eigenvalue weighted by Gasteiger charge is 2.69. The fourth-order valence-corrected chi connectivity index (χ4v) is 29.1. The molecule has 0 saturated heterocycles. The highest BCUT2D eigenvalue weighted by atomic mass is 19.3. The maximum Gasteiger partial charge on any atom is 0.377 e. The molecule has 0 aromatic rings. The molecule has 24 aliphatic rings. The lowest BCUT2D eigenvalue weighted by Gasteiger charge is -2.62. The van der Waals surface area contributed by atoms with Gasteiger partial charge in [-0.1, -0.05) is 0 Å². The van der Waals surface area contributed by atoms with Crippen LogP contribution < -0.4 is 0 Å². The van der Waals surface area contributed by atoms with Crippen LogP contribution in [0, 0.1) is 87.3 Å². The second-order valence-corrected chi connectivity index (χ2v) is 40.3. The first kappa shape index (κ1) is 77.1. The molecule has 0 amide bonds. The first-order chi connectivity index (χ1) is 50.3. The molecular formula is C80H108F6O22. The first-order valence-corrected chi connectivity index (χ1v) is 40.2. The molecule has 28 heteroatoms. The molecule has 22 nitrogen and oxygen atoms in total. The van der Waals surface area contributed by atoms with E-state index in [0.717, 1.165) is 129 Å². The molecule has 0 spiro atoms. The van der Waals surface area contributed by atoms with Crippen molar-refractivity contribution >= 4 is 47.8 Å². The van der Waals surface area contributed by atoms with Gasteiger partial charge < -0.3 is 67.8 Å². The van der Waals surface area contributed by atoms with Gasteiger partial charge in [-0.25, -0.2) is 41.5 Å². The molecule has 4 N–H and O–H groups in total. The number of halogens is 6. The second kappa shape index (κ2) is 26.3. The summed E-state index contributed by atoms with van der Waals surface area (Å²) in [6.07, 6.45) is 23.4. The van der Waals surface area contributed by atoms with E-state index < -0.39 is 165 Å². The van der Waals surface area contributed by atoms with Crippen molar-refractivity contribution in [3.05, 3.63) is 0 Å². The van der Waals surface area contributed by atoms with Crippen molar-refractivity contribution in [2.45, 2.75) is 320 Å². The molecule has 0 aromatic heterocycles. The van der Waals surface area contributed by atoms with E-state index in [9.17, 15) is 85.1 Å². The SMILES string of the molecule is CC(F)(F)C(=O)OCC(=O)OC1C2CC3CC1CC(C(=O)OCC(=O)OC14CC5CC(CC(O)(C5)C1)C4)(C3)C2.CC(F)(F)COC(=O)C12CC3CC(CC(OCC(=O)OC45CC6CC(CC(O)(C6)C4)C5)(C3)C1)C2.CC(F)(F)COC(=O)C12CC3CC(CC(OCC(=O)OC45CC6CC(O)(CC(O)(C6)C4)C5)(C3)C1)C2. The summed E-state index contributed by atoms with van der Waals surface area (Å²) >= 11 is 0. The normalized spacial score (nSPS) is 46.8. The Hall–Kier alpha value is -4.90. The van der Waals surface area contributed by atoms with E-state index in [1.807, 2.05) is 0 Å². The number of carbonyl (C=O) groups is 8. The smallest absolute Gasteiger partial charge is 0.377 e. The summed E-state index contributed by atoms with van der Waals surface area (Å²) in [6.45, 7) is -1.75. The molecular weight excluding hydrogens is 1430 g/mol. The summed E-state index contributed by atoms with van der Waals surface area (Å²) < 4.78 is 135. The maximum atomic E-state index is 13.3. The van der Waals surface area contributed by atoms with Gasteiger partial charge in [-0.3, -0.25) is 14.4 Å². The van der Waals surface area contributed by atoms with Crippen molar-refractivity contribution in [1.82, 2.24) is 0 Å². The van der Waals surface area contributed by atoms with Crippen LogP contribution in [0.5, 0.6) is 0 Å². The predicted octanol–water partition coefficient (Wildman–Crippen LogP) is 10.5. The molecule has 108 heavy (non-hydrogen) atoms. The fourth-order valence-electron chi connectivity index (χ4n) is 29.1. The molecule has 12 unspecified atom stereocenters. The van der Waals surface area contributed by atoms with Gasteiger partial charge in [0.1, 0.15) is 36.1 Å². The molecule has 0 aliphatic heterocycles. The van der Waals surface area contributed by atoms with Gasteiger partial charge in [-0.05, 0) is 264 Å². The number of carbonyl (C=O) groups excluding carboxylic acids is 8. The highest BCUT2D eigenvalue weighted by molar-refractivity contribution is 5.83. The zero-order valence-corrected chi connectivity index (χ0v) is 62.4. The minimum Gasteiger partial charge on any atom is -0.459 e. The van der Waals surface area contributed by atoms with E-state index in [1.54, 1.807) is 0 Å². The Morgan fingerprint density at radius 1 is 0.324 bits per heavy atom. The van der Waals surface area contributed by atoms with E-state index in [1.165, 1.54) is 0 Å². The maximum absolute atomic E-state index is 13.3. The Kier molecular flexibility index (Phi) is 18.8. The van der Waals surface area contributed by atoms with Crippen LogP contribution in [0.1, 0.15) is 245 Å². The van der Waals surface area contributed by atoms with E-state index in [0.29, 0.717) is 140 Å². The second-order valence-electron chi connectivity index (χ2n) is 40.3. The molecule has 24 rings (SSSR count). The Labute approximate surface area is 624 Å². The van der Waals surface area contributed by atoms with Gasteiger partial charge in [0.2, 0.25) is 0 Å². The number of alkyl halides is 6.